The smallest absolute Gasteiger partial charge is 0.311 e. The third-order valence-corrected chi connectivity index (χ3v) is 1.81. The van der Waals surface area contributed by atoms with E-state index in [1.165, 1.54) is 0 Å². The molecule has 15 heavy (non-hydrogen) atoms. The minimum absolute atomic E-state index is 0.0462. The van der Waals surface area contributed by atoms with Crippen LogP contribution in [0.2, 0.25) is 0 Å². The zero-order valence-electron chi connectivity index (χ0n) is 7.55. The van der Waals surface area contributed by atoms with Crippen molar-refractivity contribution in [3.63, 3.8) is 0 Å². The molecule has 0 aliphatic carbocycles. The zero-order chi connectivity index (χ0) is 11.4. The van der Waals surface area contributed by atoms with Crippen LogP contribution in [0.5, 0.6) is 0 Å². The van der Waals surface area contributed by atoms with Gasteiger partial charge in [0.2, 0.25) is 0 Å². The molecule has 1 rings (SSSR count). The number of carboxylic acids is 2. The molecule has 0 aromatic carbocycles. The number of aromatic nitrogens is 1. The molecule has 0 saturated heterocycles. The fourth-order valence-corrected chi connectivity index (χ4v) is 1.14. The van der Waals surface area contributed by atoms with Gasteiger partial charge in [-0.05, 0) is 11.6 Å². The molecule has 0 saturated carbocycles. The second kappa shape index (κ2) is 4.50. The van der Waals surface area contributed by atoms with Crippen LogP contribution in [-0.2, 0) is 9.59 Å². The first kappa shape index (κ1) is 11.1. The van der Waals surface area contributed by atoms with Gasteiger partial charge in [-0.15, -0.1) is 0 Å². The summed E-state index contributed by atoms with van der Waals surface area (Å²) in [6.07, 6.45) is 1.47. The molecule has 2 N–H and O–H groups in total. The van der Waals surface area contributed by atoms with Crippen LogP contribution in [0.3, 0.4) is 0 Å². The molecule has 0 aliphatic rings. The molecule has 1 atom stereocenters. The van der Waals surface area contributed by atoms with Gasteiger partial charge in [0.05, 0.1) is 18.5 Å². The normalized spacial score (nSPS) is 12.1. The van der Waals surface area contributed by atoms with Crippen molar-refractivity contribution in [1.29, 1.82) is 0 Å². The third-order valence-electron chi connectivity index (χ3n) is 1.81. The fraction of sp³-hybridized carbons (Fsp3) is 0.222. The van der Waals surface area contributed by atoms with E-state index in [0.29, 0.717) is 0 Å². The molecule has 0 spiro atoms. The minimum Gasteiger partial charge on any atom is -0.481 e. The molecule has 1 aromatic heterocycles. The highest BCUT2D eigenvalue weighted by Gasteiger charge is 2.23. The maximum atomic E-state index is 12.7. The molecule has 1 unspecified atom stereocenters. The average molecular weight is 213 g/mol. The van der Waals surface area contributed by atoms with Crippen molar-refractivity contribution in [2.45, 2.75) is 12.3 Å². The number of rotatable bonds is 4. The van der Waals surface area contributed by atoms with Gasteiger partial charge in [0.15, 0.2) is 0 Å². The SMILES string of the molecule is O=C(O)CC(C(=O)O)c1cncc(F)c1. The molecule has 1 heterocycles. The number of halogens is 1. The van der Waals surface area contributed by atoms with Crippen molar-refractivity contribution >= 4 is 11.9 Å². The van der Waals surface area contributed by atoms with E-state index in [4.69, 9.17) is 10.2 Å². The first-order chi connectivity index (χ1) is 7.00. The van der Waals surface area contributed by atoms with Crippen LogP contribution < -0.4 is 0 Å². The van der Waals surface area contributed by atoms with Crippen LogP contribution in [0.25, 0.3) is 0 Å². The zero-order valence-corrected chi connectivity index (χ0v) is 7.55. The van der Waals surface area contributed by atoms with E-state index in [2.05, 4.69) is 4.98 Å². The molecule has 5 nitrogen and oxygen atoms in total. The summed E-state index contributed by atoms with van der Waals surface area (Å²) in [6.45, 7) is 0. The lowest BCUT2D eigenvalue weighted by Crippen LogP contribution is -2.16. The quantitative estimate of drug-likeness (QED) is 0.774. The van der Waals surface area contributed by atoms with Crippen LogP contribution in [-0.4, -0.2) is 27.1 Å². The Morgan fingerprint density at radius 3 is 2.53 bits per heavy atom. The van der Waals surface area contributed by atoms with Crippen molar-refractivity contribution in [2.24, 2.45) is 0 Å². The largest absolute Gasteiger partial charge is 0.481 e. The van der Waals surface area contributed by atoms with E-state index >= 15 is 0 Å². The number of nitrogens with zero attached hydrogens (tertiary/aromatic N) is 1. The Kier molecular flexibility index (Phi) is 3.33. The number of carboxylic acid groups (broad SMARTS) is 2. The monoisotopic (exact) mass is 213 g/mol. The van der Waals surface area contributed by atoms with E-state index in [1.54, 1.807) is 0 Å². The second-order valence-corrected chi connectivity index (χ2v) is 2.93. The first-order valence-corrected chi connectivity index (χ1v) is 4.05. The molecular weight excluding hydrogens is 205 g/mol. The van der Waals surface area contributed by atoms with Gasteiger partial charge in [0, 0.05) is 6.20 Å². The molecule has 0 bridgehead atoms. The number of hydrogen-bond acceptors (Lipinski definition) is 3. The minimum atomic E-state index is -1.31. The first-order valence-electron chi connectivity index (χ1n) is 4.05. The Hall–Kier alpha value is -1.98. The molecule has 0 aliphatic heterocycles. The van der Waals surface area contributed by atoms with Crippen molar-refractivity contribution in [2.75, 3.05) is 0 Å². The molecule has 0 fully saturated rings. The number of pyridine rings is 1. The number of hydrogen-bond donors (Lipinski definition) is 2. The Labute approximate surface area is 84.2 Å². The summed E-state index contributed by atoms with van der Waals surface area (Å²) in [5.74, 6) is -4.54. The molecule has 1 aromatic rings. The average Bonchev–Trinajstić information content (AvgIpc) is 2.13. The van der Waals surface area contributed by atoms with E-state index in [-0.39, 0.29) is 5.56 Å². The summed E-state index contributed by atoms with van der Waals surface area (Å²) in [6, 6.07) is 0.967. The Morgan fingerprint density at radius 2 is 2.07 bits per heavy atom. The van der Waals surface area contributed by atoms with E-state index < -0.39 is 30.1 Å². The lowest BCUT2D eigenvalue weighted by atomic mass is 9.97. The molecule has 0 radical (unpaired) electrons. The van der Waals surface area contributed by atoms with E-state index in [0.717, 1.165) is 18.5 Å². The van der Waals surface area contributed by atoms with Gasteiger partial charge in [0.25, 0.3) is 0 Å². The molecule has 80 valence electrons. The summed E-state index contributed by atoms with van der Waals surface area (Å²) in [5.41, 5.74) is 0.0462. The maximum absolute atomic E-state index is 12.7. The van der Waals surface area contributed by atoms with Gasteiger partial charge >= 0.3 is 11.9 Å². The predicted molar refractivity (Wildman–Crippen MR) is 46.8 cm³/mol. The molecular formula is C9H8FNO4. The van der Waals surface area contributed by atoms with Crippen LogP contribution in [0.4, 0.5) is 4.39 Å². The molecule has 0 amide bonds. The van der Waals surface area contributed by atoms with Gasteiger partial charge in [-0.25, -0.2) is 4.39 Å². The van der Waals surface area contributed by atoms with Crippen molar-refractivity contribution in [3.05, 3.63) is 29.8 Å². The topological polar surface area (TPSA) is 87.5 Å². The highest BCUT2D eigenvalue weighted by atomic mass is 19.1. The van der Waals surface area contributed by atoms with Crippen molar-refractivity contribution in [3.8, 4) is 0 Å². The predicted octanol–water partition coefficient (Wildman–Crippen LogP) is 0.864. The third kappa shape index (κ3) is 3.01. The summed E-state index contributed by atoms with van der Waals surface area (Å²) in [4.78, 5) is 24.6. The van der Waals surface area contributed by atoms with Gasteiger partial charge in [-0.1, -0.05) is 0 Å². The summed E-state index contributed by atoms with van der Waals surface area (Å²) in [5, 5.41) is 17.2. The van der Waals surface area contributed by atoms with Crippen LogP contribution in [0, 0.1) is 5.82 Å². The van der Waals surface area contributed by atoms with Crippen molar-refractivity contribution in [1.82, 2.24) is 4.98 Å². The van der Waals surface area contributed by atoms with E-state index in [1.807, 2.05) is 0 Å². The van der Waals surface area contributed by atoms with Gasteiger partial charge in [-0.3, -0.25) is 14.6 Å². The maximum Gasteiger partial charge on any atom is 0.311 e. The Morgan fingerprint density at radius 1 is 1.40 bits per heavy atom. The fourth-order valence-electron chi connectivity index (χ4n) is 1.14. The Bertz CT molecular complexity index is 393. The van der Waals surface area contributed by atoms with E-state index in [9.17, 15) is 14.0 Å². The second-order valence-electron chi connectivity index (χ2n) is 2.93. The van der Waals surface area contributed by atoms with Gasteiger partial charge in [0.1, 0.15) is 5.82 Å². The van der Waals surface area contributed by atoms with Crippen LogP contribution in [0.1, 0.15) is 17.9 Å². The lowest BCUT2D eigenvalue weighted by Gasteiger charge is -2.09. The standard InChI is InChI=1S/C9H8FNO4/c10-6-1-5(3-11-4-6)7(9(14)15)2-8(12)13/h1,3-4,7H,2H2,(H,12,13)(H,14,15). The Balaban J connectivity index is 2.98. The molecule has 6 heteroatoms. The van der Waals surface area contributed by atoms with Crippen molar-refractivity contribution < 1.29 is 24.2 Å². The highest BCUT2D eigenvalue weighted by molar-refractivity contribution is 5.82. The summed E-state index contributed by atoms with van der Waals surface area (Å²) in [7, 11) is 0. The number of aliphatic carboxylic acids is 2. The number of carbonyl (C=O) groups is 2. The van der Waals surface area contributed by atoms with Crippen LogP contribution in [0.15, 0.2) is 18.5 Å². The van der Waals surface area contributed by atoms with Gasteiger partial charge < -0.3 is 10.2 Å². The van der Waals surface area contributed by atoms with Crippen LogP contribution >= 0.6 is 0 Å². The van der Waals surface area contributed by atoms with Gasteiger partial charge in [-0.2, -0.15) is 0 Å². The summed E-state index contributed by atoms with van der Waals surface area (Å²) < 4.78 is 12.7. The highest BCUT2D eigenvalue weighted by Crippen LogP contribution is 2.19. The lowest BCUT2D eigenvalue weighted by molar-refractivity contribution is -0.145. The summed E-state index contributed by atoms with van der Waals surface area (Å²) >= 11 is 0.